The van der Waals surface area contributed by atoms with Crippen LogP contribution in [0.3, 0.4) is 0 Å². The summed E-state index contributed by atoms with van der Waals surface area (Å²) >= 11 is 0. The van der Waals surface area contributed by atoms with E-state index in [4.69, 9.17) is 28.4 Å². The molecular weight excluding hydrogens is 836 g/mol. The topological polar surface area (TPSA) is 329 Å². The number of benzene rings is 3. The molecule has 3 aromatic carbocycles. The average Bonchev–Trinajstić information content (AvgIpc) is 3.25. The molecule has 3 aromatic rings. The van der Waals surface area contributed by atoms with Crippen molar-refractivity contribution in [1.82, 2.24) is 0 Å². The van der Waals surface area contributed by atoms with Gasteiger partial charge in [-0.15, -0.1) is 0 Å². The van der Waals surface area contributed by atoms with Gasteiger partial charge in [0.05, 0.1) is 19.1 Å². The molecule has 12 atom stereocenters. The van der Waals surface area contributed by atoms with E-state index in [1.807, 2.05) is 0 Å². The summed E-state index contributed by atoms with van der Waals surface area (Å²) in [6.45, 7) is -0.973. The van der Waals surface area contributed by atoms with Gasteiger partial charge in [0, 0.05) is 24.1 Å². The van der Waals surface area contributed by atoms with Gasteiger partial charge in [-0.25, -0.2) is 9.59 Å². The molecule has 3 aliphatic rings. The number of aromatic hydroxyl groups is 5. The highest BCUT2D eigenvalue weighted by Crippen LogP contribution is 2.37. The molecule has 0 radical (unpaired) electrons. The quantitative estimate of drug-likeness (QED) is 0.0471. The van der Waals surface area contributed by atoms with Crippen LogP contribution in [0.25, 0.3) is 18.2 Å². The molecule has 0 spiro atoms. The van der Waals surface area contributed by atoms with Crippen molar-refractivity contribution in [2.75, 3.05) is 13.2 Å². The smallest absolute Gasteiger partial charge is 0.333 e. The maximum Gasteiger partial charge on any atom is 0.333 e. The maximum atomic E-state index is 12.8. The average molecular weight is 883 g/mol. The fourth-order valence-corrected chi connectivity index (χ4v) is 6.87. The van der Waals surface area contributed by atoms with Crippen LogP contribution in [0.2, 0.25) is 0 Å². The number of phenols is 5. The highest BCUT2D eigenvalue weighted by atomic mass is 16.7. The Morgan fingerprint density at radius 3 is 1.79 bits per heavy atom. The number of rotatable bonds is 13. The Bertz CT molecular complexity index is 2200. The summed E-state index contributed by atoms with van der Waals surface area (Å²) in [7, 11) is 0. The minimum absolute atomic E-state index is 0.0385. The van der Waals surface area contributed by atoms with Crippen molar-refractivity contribution >= 4 is 36.1 Å². The first kappa shape index (κ1) is 46.4. The van der Waals surface area contributed by atoms with Crippen LogP contribution in [0.1, 0.15) is 41.2 Å². The number of cyclic esters (lactones) is 1. The highest BCUT2D eigenvalue weighted by molar-refractivity contribution is 5.87. The highest BCUT2D eigenvalue weighted by Gasteiger charge is 2.47. The Kier molecular flexibility index (Phi) is 15.0. The second kappa shape index (κ2) is 20.4. The normalized spacial score (nSPS) is 30.1. The second-order valence-corrected chi connectivity index (χ2v) is 14.9. The Morgan fingerprint density at radius 2 is 1.17 bits per heavy atom. The SMILES string of the molecule is O=C(/C=C/c1ccc(O)c(O)c1)OC[C@H]1O[C@@H](c2ccc(/C=C/C(=O)O[C@@H]3O[C@H](COC4CC(=O)OC(/C=C/c5ccc(O)c(O)c5)C4)[C@@H](O)[C@H](O)[C@H]3O)cc2O)[C@H](O)[C@@H](O)[C@@H]1O. The number of aliphatic hydroxyl groups excluding tert-OH is 6. The number of hydrogen-bond donors (Lipinski definition) is 11. The summed E-state index contributed by atoms with van der Waals surface area (Å²) in [6.07, 6.45) is -10.4. The largest absolute Gasteiger partial charge is 0.508 e. The van der Waals surface area contributed by atoms with Gasteiger partial charge >= 0.3 is 17.9 Å². The third kappa shape index (κ3) is 11.7. The van der Waals surface area contributed by atoms with Crippen molar-refractivity contribution in [1.29, 1.82) is 0 Å². The van der Waals surface area contributed by atoms with Crippen LogP contribution >= 0.6 is 0 Å². The van der Waals surface area contributed by atoms with Crippen LogP contribution in [-0.4, -0.2) is 155 Å². The Labute approximate surface area is 357 Å². The summed E-state index contributed by atoms with van der Waals surface area (Å²) in [6, 6.07) is 11.9. The summed E-state index contributed by atoms with van der Waals surface area (Å²) in [5.74, 6) is -4.40. The van der Waals surface area contributed by atoms with Gasteiger partial charge in [0.2, 0.25) is 6.29 Å². The van der Waals surface area contributed by atoms with E-state index in [0.717, 1.165) is 12.2 Å². The Balaban J connectivity index is 1.01. The molecule has 20 nitrogen and oxygen atoms in total. The maximum absolute atomic E-state index is 12.8. The standard InChI is InChI=1S/C43H46O20/c44-26-9-3-20(14-29(26)47)1-7-23-16-24(17-35(51)60-23)58-18-32-37(53)39(55)41(57)43(62-32)63-34(50)12-6-21-2-8-25(28(46)13-21)42-40(56)38(54)36(52)31(61-42)19-59-33(49)11-5-22-4-10-27(45)30(48)15-22/h1-15,23-24,31-32,36-48,52-57H,16-19H2/b7-1+,11-5+,12-6+/t23?,24?,31-,32-,36-,37-,38+,39+,40-,41-,42+,43+/m1/s1. The third-order valence-electron chi connectivity index (χ3n) is 10.4. The van der Waals surface area contributed by atoms with Gasteiger partial charge in [0.1, 0.15) is 73.4 Å². The molecule has 3 heterocycles. The van der Waals surface area contributed by atoms with E-state index in [1.54, 1.807) is 12.2 Å². The van der Waals surface area contributed by atoms with Crippen molar-refractivity contribution in [3.8, 4) is 28.7 Å². The first-order valence-corrected chi connectivity index (χ1v) is 19.5. The van der Waals surface area contributed by atoms with Crippen molar-refractivity contribution in [3.05, 3.63) is 95.1 Å². The molecule has 2 unspecified atom stereocenters. The lowest BCUT2D eigenvalue weighted by atomic mass is 9.90. The van der Waals surface area contributed by atoms with E-state index in [9.17, 15) is 70.6 Å². The first-order valence-electron chi connectivity index (χ1n) is 19.5. The first-order chi connectivity index (χ1) is 30.0. The zero-order valence-electron chi connectivity index (χ0n) is 33.0. The molecule has 0 aliphatic carbocycles. The number of hydrogen-bond acceptors (Lipinski definition) is 20. The molecule has 3 saturated heterocycles. The lowest BCUT2D eigenvalue weighted by molar-refractivity contribution is -0.295. The van der Waals surface area contributed by atoms with Gasteiger partial charge in [0.15, 0.2) is 23.0 Å². The van der Waals surface area contributed by atoms with E-state index in [1.165, 1.54) is 66.7 Å². The molecule has 63 heavy (non-hydrogen) atoms. The molecular formula is C43H46O20. The number of carbonyl (C=O) groups is 3. The van der Waals surface area contributed by atoms with E-state index in [0.29, 0.717) is 11.1 Å². The van der Waals surface area contributed by atoms with Gasteiger partial charge in [-0.1, -0.05) is 30.3 Å². The third-order valence-corrected chi connectivity index (χ3v) is 10.4. The fraction of sp³-hybridized carbons (Fsp3) is 0.372. The number of ether oxygens (including phenoxy) is 6. The molecule has 0 saturated carbocycles. The molecule has 6 rings (SSSR count). The number of aliphatic hydroxyl groups is 6. The lowest BCUT2D eigenvalue weighted by Crippen LogP contribution is -2.59. The van der Waals surface area contributed by atoms with Crippen LogP contribution in [0.4, 0.5) is 0 Å². The molecule has 11 N–H and O–H groups in total. The predicted molar refractivity (Wildman–Crippen MR) is 213 cm³/mol. The predicted octanol–water partition coefficient (Wildman–Crippen LogP) is 0.162. The van der Waals surface area contributed by atoms with Crippen LogP contribution in [0, 0.1) is 0 Å². The van der Waals surface area contributed by atoms with Gasteiger partial charge in [-0.05, 0) is 65.3 Å². The molecule has 0 amide bonds. The van der Waals surface area contributed by atoms with E-state index < -0.39 is 116 Å². The fourth-order valence-electron chi connectivity index (χ4n) is 6.87. The lowest BCUT2D eigenvalue weighted by Gasteiger charge is -2.40. The molecule has 3 fully saturated rings. The molecule has 0 aromatic heterocycles. The summed E-state index contributed by atoms with van der Waals surface area (Å²) in [5.41, 5.74) is 1.06. The molecule has 3 aliphatic heterocycles. The van der Waals surface area contributed by atoms with E-state index >= 15 is 0 Å². The van der Waals surface area contributed by atoms with Gasteiger partial charge < -0.3 is 84.6 Å². The van der Waals surface area contributed by atoms with Gasteiger partial charge in [-0.3, -0.25) is 4.79 Å². The van der Waals surface area contributed by atoms with E-state index in [2.05, 4.69) is 0 Å². The van der Waals surface area contributed by atoms with Crippen molar-refractivity contribution in [3.63, 3.8) is 0 Å². The zero-order chi connectivity index (χ0) is 45.5. The summed E-state index contributed by atoms with van der Waals surface area (Å²) in [4.78, 5) is 37.4. The summed E-state index contributed by atoms with van der Waals surface area (Å²) in [5, 5.41) is 113. The van der Waals surface area contributed by atoms with E-state index in [-0.39, 0.29) is 41.2 Å². The Hall–Kier alpha value is -6.07. The number of phenolic OH excluding ortho intramolecular Hbond substituents is 5. The number of carbonyl (C=O) groups excluding carboxylic acids is 3. The van der Waals surface area contributed by atoms with Crippen LogP contribution < -0.4 is 0 Å². The van der Waals surface area contributed by atoms with Crippen LogP contribution in [0.5, 0.6) is 28.7 Å². The van der Waals surface area contributed by atoms with Gasteiger partial charge in [0.25, 0.3) is 0 Å². The van der Waals surface area contributed by atoms with Gasteiger partial charge in [-0.2, -0.15) is 0 Å². The number of esters is 3. The van der Waals surface area contributed by atoms with Crippen LogP contribution in [-0.2, 0) is 42.8 Å². The summed E-state index contributed by atoms with van der Waals surface area (Å²) < 4.78 is 32.8. The second-order valence-electron chi connectivity index (χ2n) is 14.9. The zero-order valence-corrected chi connectivity index (χ0v) is 33.0. The van der Waals surface area contributed by atoms with Crippen molar-refractivity contribution in [2.45, 2.75) is 86.3 Å². The van der Waals surface area contributed by atoms with Crippen molar-refractivity contribution in [2.24, 2.45) is 0 Å². The minimum atomic E-state index is -1.88. The Morgan fingerprint density at radius 1 is 0.619 bits per heavy atom. The minimum Gasteiger partial charge on any atom is -0.508 e. The van der Waals surface area contributed by atoms with Crippen molar-refractivity contribution < 1.29 is 99.0 Å². The molecule has 338 valence electrons. The monoisotopic (exact) mass is 882 g/mol. The van der Waals surface area contributed by atoms with Crippen LogP contribution in [0.15, 0.2) is 72.8 Å². The molecule has 20 heteroatoms. The molecule has 0 bridgehead atoms.